The predicted molar refractivity (Wildman–Crippen MR) is 217 cm³/mol. The molecular weight excluding hydrogens is 715 g/mol. The number of anilines is 1. The lowest BCUT2D eigenvalue weighted by molar-refractivity contribution is 0.0837. The Hall–Kier alpha value is -5.27. The molecule has 1 amide bonds. The van der Waals surface area contributed by atoms with Gasteiger partial charge >= 0.3 is 11.0 Å². The highest BCUT2D eigenvalue weighted by Gasteiger charge is 2.41. The van der Waals surface area contributed by atoms with Crippen LogP contribution in [0.15, 0.2) is 101 Å². The molecule has 0 spiro atoms. The van der Waals surface area contributed by atoms with E-state index in [4.69, 9.17) is 0 Å². The summed E-state index contributed by atoms with van der Waals surface area (Å²) in [6.07, 6.45) is 2.69. The molecule has 3 aliphatic rings. The maximum Gasteiger partial charge on any atom is 0.412 e. The summed E-state index contributed by atoms with van der Waals surface area (Å²) in [5.41, 5.74) is 6.20. The molecule has 2 atom stereocenters. The summed E-state index contributed by atoms with van der Waals surface area (Å²) >= 11 is 1.23. The summed E-state index contributed by atoms with van der Waals surface area (Å²) in [5.74, 6) is 0.308. The lowest BCUT2D eigenvalue weighted by Gasteiger charge is -2.48. The zero-order chi connectivity index (χ0) is 38.1. The van der Waals surface area contributed by atoms with E-state index in [9.17, 15) is 29.7 Å². The van der Waals surface area contributed by atoms with Crippen LogP contribution in [0.5, 0.6) is 5.75 Å². The molecule has 284 valence electrons. The van der Waals surface area contributed by atoms with Crippen LogP contribution in [-0.4, -0.2) is 68.1 Å². The number of thiazole rings is 1. The number of pyridine rings is 1. The van der Waals surface area contributed by atoms with E-state index < -0.39 is 12.2 Å². The number of fused-ring (bicyclic) bond motifs is 5. The molecule has 55 heavy (non-hydrogen) atoms. The molecule has 9 rings (SSSR count). The molecule has 0 aliphatic carbocycles. The van der Waals surface area contributed by atoms with E-state index in [1.807, 2.05) is 53.1 Å². The zero-order valence-electron chi connectivity index (χ0n) is 30.5. The second kappa shape index (κ2) is 15.8. The summed E-state index contributed by atoms with van der Waals surface area (Å²) in [6.45, 7) is 4.17. The normalized spacial score (nSPS) is 18.5. The van der Waals surface area contributed by atoms with E-state index >= 15 is 0 Å². The van der Waals surface area contributed by atoms with Crippen LogP contribution in [0.4, 0.5) is 10.5 Å². The van der Waals surface area contributed by atoms with E-state index in [-0.39, 0.29) is 28.8 Å². The van der Waals surface area contributed by atoms with Crippen LogP contribution in [0.3, 0.4) is 0 Å². The predicted octanol–water partition coefficient (Wildman–Crippen LogP) is 6.70. The van der Waals surface area contributed by atoms with Gasteiger partial charge in [-0.15, -0.1) is 0 Å². The number of phenols is 1. The van der Waals surface area contributed by atoms with E-state index in [2.05, 4.69) is 33.4 Å². The van der Waals surface area contributed by atoms with Gasteiger partial charge in [0, 0.05) is 43.2 Å². The first-order valence-electron chi connectivity index (χ1n) is 19.0. The Bertz CT molecular complexity index is 2450. The van der Waals surface area contributed by atoms with Gasteiger partial charge in [-0.25, -0.2) is 4.79 Å². The highest BCUT2D eigenvalue weighted by molar-refractivity contribution is 7.16. The fourth-order valence-electron chi connectivity index (χ4n) is 8.49. The van der Waals surface area contributed by atoms with Crippen molar-refractivity contribution in [1.82, 2.24) is 19.8 Å². The van der Waals surface area contributed by atoms with Crippen molar-refractivity contribution in [2.45, 2.75) is 57.3 Å². The number of piperidine rings is 3. The Morgan fingerprint density at radius 2 is 1.75 bits per heavy atom. The zero-order valence-corrected chi connectivity index (χ0v) is 31.3. The summed E-state index contributed by atoms with van der Waals surface area (Å²) in [5, 5.41) is 35.6. The fraction of sp³-hybridized carbons (Fsp3) is 0.326. The number of amides is 1. The van der Waals surface area contributed by atoms with Crippen LogP contribution in [0.1, 0.15) is 48.5 Å². The number of carbonyl (C=O) groups is 1. The molecule has 5 heterocycles. The molecule has 3 aliphatic heterocycles. The first-order valence-corrected chi connectivity index (χ1v) is 19.8. The molecule has 0 radical (unpaired) electrons. The minimum absolute atomic E-state index is 0.00287. The van der Waals surface area contributed by atoms with Crippen molar-refractivity contribution < 1.29 is 20.1 Å². The third-order valence-corrected chi connectivity index (χ3v) is 12.3. The number of aromatic nitrogens is 2. The van der Waals surface area contributed by atoms with Crippen molar-refractivity contribution in [3.05, 3.63) is 128 Å². The number of phenolic OH excluding ortho intramolecular Hbond substituents is 1. The topological polar surface area (TPSA) is 151 Å². The molecular formula is C43H45N5O6S. The molecule has 6 aromatic rings. The highest BCUT2D eigenvalue weighted by atomic mass is 32.1. The number of aromatic hydroxyl groups is 1. The largest absolute Gasteiger partial charge is 0.506 e. The van der Waals surface area contributed by atoms with E-state index in [1.165, 1.54) is 23.5 Å². The van der Waals surface area contributed by atoms with Gasteiger partial charge in [0.1, 0.15) is 5.75 Å². The van der Waals surface area contributed by atoms with Gasteiger partial charge in [0.15, 0.2) is 0 Å². The van der Waals surface area contributed by atoms with Crippen molar-refractivity contribution in [3.63, 3.8) is 0 Å². The van der Waals surface area contributed by atoms with Gasteiger partial charge in [0.25, 0.3) is 0 Å². The molecule has 11 nitrogen and oxygen atoms in total. The third-order valence-electron chi connectivity index (χ3n) is 11.3. The summed E-state index contributed by atoms with van der Waals surface area (Å²) < 4.78 is 2.74. The molecule has 4 aromatic carbocycles. The van der Waals surface area contributed by atoms with Gasteiger partial charge in [-0.05, 0) is 104 Å². The SMILES string of the molecule is O=C(O)N(c1cc(CCCCn2c(=O)sc3cc(CNC[C@@H](O)c4ccc(O)c5[nH]c(=O)ccc45)ccc32)ccc1-c1ccccc1)[C@H]1CN2CCC1CC2. The highest BCUT2D eigenvalue weighted by Crippen LogP contribution is 2.39. The number of nitrogens with one attached hydrogen (secondary N) is 2. The molecule has 0 saturated carbocycles. The summed E-state index contributed by atoms with van der Waals surface area (Å²) in [4.78, 5) is 44.5. The molecule has 2 aromatic heterocycles. The molecule has 12 heteroatoms. The molecule has 3 saturated heterocycles. The minimum atomic E-state index is -0.907. The maximum absolute atomic E-state index is 13.1. The van der Waals surface area contributed by atoms with Gasteiger partial charge < -0.3 is 30.5 Å². The van der Waals surface area contributed by atoms with Crippen molar-refractivity contribution in [1.29, 1.82) is 0 Å². The van der Waals surface area contributed by atoms with E-state index in [0.717, 1.165) is 89.9 Å². The third kappa shape index (κ3) is 7.68. The molecule has 5 N–H and O–H groups in total. The van der Waals surface area contributed by atoms with Crippen LogP contribution in [0.25, 0.3) is 32.2 Å². The van der Waals surface area contributed by atoms with Crippen molar-refractivity contribution >= 4 is 44.2 Å². The Balaban J connectivity index is 0.914. The lowest BCUT2D eigenvalue weighted by atomic mass is 9.82. The number of aliphatic hydroxyl groups is 1. The second-order valence-corrected chi connectivity index (χ2v) is 15.8. The quantitative estimate of drug-likeness (QED) is 0.0817. The maximum atomic E-state index is 13.1. The molecule has 0 unspecified atom stereocenters. The van der Waals surface area contributed by atoms with Crippen LogP contribution in [0, 0.1) is 5.92 Å². The van der Waals surface area contributed by atoms with Gasteiger partial charge in [-0.1, -0.05) is 65.9 Å². The smallest absolute Gasteiger partial charge is 0.412 e. The lowest BCUT2D eigenvalue weighted by Crippen LogP contribution is -2.59. The molecule has 3 fully saturated rings. The van der Waals surface area contributed by atoms with E-state index in [0.29, 0.717) is 35.5 Å². The Morgan fingerprint density at radius 3 is 2.51 bits per heavy atom. The number of hydrogen-bond donors (Lipinski definition) is 5. The minimum Gasteiger partial charge on any atom is -0.506 e. The second-order valence-electron chi connectivity index (χ2n) is 14.8. The number of H-pyrrole nitrogens is 1. The van der Waals surface area contributed by atoms with E-state index in [1.54, 1.807) is 17.0 Å². The van der Waals surface area contributed by atoms with Gasteiger partial charge in [-0.2, -0.15) is 0 Å². The average molecular weight is 760 g/mol. The fourth-order valence-corrected chi connectivity index (χ4v) is 9.47. The first-order chi connectivity index (χ1) is 26.7. The number of hydrogen-bond acceptors (Lipinski definition) is 8. The van der Waals surface area contributed by atoms with Gasteiger partial charge in [0.2, 0.25) is 5.56 Å². The van der Waals surface area contributed by atoms with Crippen LogP contribution >= 0.6 is 11.3 Å². The summed E-state index contributed by atoms with van der Waals surface area (Å²) in [7, 11) is 0. The van der Waals surface area contributed by atoms with Crippen LogP contribution < -0.4 is 20.6 Å². The Labute approximate surface area is 322 Å². The van der Waals surface area contributed by atoms with Crippen molar-refractivity contribution in [2.24, 2.45) is 5.92 Å². The number of carboxylic acid groups (broad SMARTS) is 1. The number of aryl methyl sites for hydroxylation is 2. The number of benzene rings is 4. The Kier molecular flexibility index (Phi) is 10.6. The number of unbranched alkanes of at least 4 members (excludes halogenated alkanes) is 1. The standard InChI is InChI=1S/C43H45N5O6S/c49-37-15-12-32(33-13-16-40(51)45-41(33)37)38(50)25-44-24-28-10-14-34-39(23-28)55-43(54)47(34)19-5-4-6-27-9-11-31(29-7-2-1-3-8-29)35(22-27)48(42(52)53)36-26-46-20-17-30(36)18-21-46/h1-3,7-16,22-23,30,36,38,44,49-50H,4-6,17-21,24-26H2,(H,45,51)(H,52,53)/t36-,38+/m0/s1. The number of rotatable bonds is 13. The average Bonchev–Trinajstić information content (AvgIpc) is 3.51. The first kappa shape index (κ1) is 36.7. The number of nitrogens with zero attached hydrogens (tertiary/aromatic N) is 3. The van der Waals surface area contributed by atoms with Gasteiger partial charge in [-0.3, -0.25) is 19.1 Å². The van der Waals surface area contributed by atoms with Crippen LogP contribution in [-0.2, 0) is 19.5 Å². The Morgan fingerprint density at radius 1 is 0.945 bits per heavy atom. The number of aliphatic hydroxyl groups excluding tert-OH is 1. The van der Waals surface area contributed by atoms with Gasteiger partial charge in [0.05, 0.1) is 33.6 Å². The monoisotopic (exact) mass is 759 g/mol. The van der Waals surface area contributed by atoms with Crippen LogP contribution in [0.2, 0.25) is 0 Å². The molecule has 2 bridgehead atoms. The van der Waals surface area contributed by atoms with Crippen molar-refractivity contribution in [2.75, 3.05) is 31.1 Å². The summed E-state index contributed by atoms with van der Waals surface area (Å²) in [6, 6.07) is 28.3. The number of aromatic amines is 1. The van der Waals surface area contributed by atoms with Crippen molar-refractivity contribution in [3.8, 4) is 16.9 Å².